The number of hydrogen-bond donors (Lipinski definition) is 2. The van der Waals surface area contributed by atoms with Gasteiger partial charge in [0.15, 0.2) is 0 Å². The molecule has 7 heteroatoms. The first-order valence-corrected chi connectivity index (χ1v) is 12.0. The van der Waals surface area contributed by atoms with Crippen molar-refractivity contribution >= 4 is 17.8 Å². The lowest BCUT2D eigenvalue weighted by Gasteiger charge is -2.29. The van der Waals surface area contributed by atoms with E-state index >= 15 is 0 Å². The molecule has 1 amide bonds. The van der Waals surface area contributed by atoms with Crippen molar-refractivity contribution in [2.45, 2.75) is 129 Å². The topological polar surface area (TPSA) is 102 Å². The van der Waals surface area contributed by atoms with Gasteiger partial charge in [-0.05, 0) is 12.8 Å². The molecule has 0 heterocycles. The molecule has 0 radical (unpaired) electrons. The molecule has 0 aliphatic rings. The van der Waals surface area contributed by atoms with Crippen LogP contribution in [-0.2, 0) is 23.9 Å². The molecule has 0 bridgehead atoms. The number of aliphatic hydroxyl groups is 1. The van der Waals surface area contributed by atoms with Crippen molar-refractivity contribution < 1.29 is 29.0 Å². The number of carbonyl (C=O) groups excluding carboxylic acids is 3. The summed E-state index contributed by atoms with van der Waals surface area (Å²) in [4.78, 5) is 34.0. The van der Waals surface area contributed by atoms with Gasteiger partial charge in [0.25, 0.3) is 0 Å². The van der Waals surface area contributed by atoms with Crippen LogP contribution in [0.15, 0.2) is 0 Å². The Kier molecular flexibility index (Phi) is 18.1. The number of carbonyl (C=O) groups is 3. The van der Waals surface area contributed by atoms with E-state index in [2.05, 4.69) is 12.2 Å². The van der Waals surface area contributed by atoms with E-state index < -0.39 is 30.2 Å². The Morgan fingerprint density at radius 3 is 1.68 bits per heavy atom. The van der Waals surface area contributed by atoms with Gasteiger partial charge in [-0.25, -0.2) is 0 Å². The van der Waals surface area contributed by atoms with Crippen LogP contribution in [0.5, 0.6) is 0 Å². The van der Waals surface area contributed by atoms with E-state index in [1.165, 1.54) is 78.6 Å². The summed E-state index contributed by atoms with van der Waals surface area (Å²) in [7, 11) is 0. The quantitative estimate of drug-likeness (QED) is 0.226. The van der Waals surface area contributed by atoms with E-state index in [0.29, 0.717) is 6.42 Å². The van der Waals surface area contributed by atoms with E-state index in [-0.39, 0.29) is 12.5 Å². The van der Waals surface area contributed by atoms with Gasteiger partial charge in [-0.2, -0.15) is 0 Å². The predicted molar refractivity (Wildman–Crippen MR) is 121 cm³/mol. The number of rotatable bonds is 19. The van der Waals surface area contributed by atoms with E-state index in [4.69, 9.17) is 9.47 Å². The standard InChI is InChI=1S/C24H45NO6/c1-5-6-7-8-9-10-11-12-13-14-15-16-17-23(31-21(4)28)24(29)22(25-19(2)26)18-30-20(3)27/h22-24,29H,5-18H2,1-4H3,(H,25,26)/t22-,23-,24+/m1/s1. The average Bonchev–Trinajstić information content (AvgIpc) is 2.69. The summed E-state index contributed by atoms with van der Waals surface area (Å²) in [5.74, 6) is -1.35. The maximum Gasteiger partial charge on any atom is 0.302 e. The second-order valence-electron chi connectivity index (χ2n) is 8.43. The minimum Gasteiger partial charge on any atom is -0.464 e. The average molecular weight is 444 g/mol. The third-order valence-corrected chi connectivity index (χ3v) is 5.31. The fourth-order valence-corrected chi connectivity index (χ4v) is 3.65. The highest BCUT2D eigenvalue weighted by atomic mass is 16.6. The summed E-state index contributed by atoms with van der Waals surface area (Å²) < 4.78 is 10.2. The molecule has 0 rings (SSSR count). The van der Waals surface area contributed by atoms with Crippen LogP contribution in [0.25, 0.3) is 0 Å². The van der Waals surface area contributed by atoms with Crippen molar-refractivity contribution in [3.8, 4) is 0 Å². The third kappa shape index (κ3) is 17.7. The molecule has 0 aromatic rings. The zero-order chi connectivity index (χ0) is 23.5. The van der Waals surface area contributed by atoms with Gasteiger partial charge in [0, 0.05) is 20.8 Å². The fourth-order valence-electron chi connectivity index (χ4n) is 3.65. The van der Waals surface area contributed by atoms with E-state index in [1.54, 1.807) is 0 Å². The molecule has 0 fully saturated rings. The van der Waals surface area contributed by atoms with Crippen LogP contribution in [0.3, 0.4) is 0 Å². The first-order chi connectivity index (χ1) is 14.8. The second-order valence-corrected chi connectivity index (χ2v) is 8.43. The number of amides is 1. The van der Waals surface area contributed by atoms with E-state index in [1.807, 2.05) is 0 Å². The maximum absolute atomic E-state index is 11.5. The number of nitrogens with one attached hydrogen (secondary N) is 1. The highest BCUT2D eigenvalue weighted by Gasteiger charge is 2.31. The summed E-state index contributed by atoms with van der Waals surface area (Å²) in [6, 6.07) is -0.830. The van der Waals surface area contributed by atoms with Crippen LogP contribution in [0.1, 0.15) is 111 Å². The number of aliphatic hydroxyl groups excluding tert-OH is 1. The lowest BCUT2D eigenvalue weighted by molar-refractivity contribution is -0.157. The molecular weight excluding hydrogens is 398 g/mol. The minimum absolute atomic E-state index is 0.174. The molecule has 3 atom stereocenters. The van der Waals surface area contributed by atoms with E-state index in [0.717, 1.165) is 19.3 Å². The van der Waals surface area contributed by atoms with Crippen molar-refractivity contribution in [3.05, 3.63) is 0 Å². The normalized spacial score (nSPS) is 13.8. The van der Waals surface area contributed by atoms with Crippen molar-refractivity contribution in [3.63, 3.8) is 0 Å². The first-order valence-electron chi connectivity index (χ1n) is 12.0. The number of esters is 2. The number of unbranched alkanes of at least 4 members (excludes halogenated alkanes) is 11. The largest absolute Gasteiger partial charge is 0.464 e. The monoisotopic (exact) mass is 443 g/mol. The minimum atomic E-state index is -1.15. The number of ether oxygens (including phenoxy) is 2. The van der Waals surface area contributed by atoms with Crippen LogP contribution in [0.4, 0.5) is 0 Å². The molecule has 31 heavy (non-hydrogen) atoms. The summed E-state index contributed by atoms with van der Waals surface area (Å²) in [6.45, 7) is 5.93. The summed E-state index contributed by atoms with van der Waals surface area (Å²) in [6.07, 6.45) is 13.2. The zero-order valence-corrected chi connectivity index (χ0v) is 20.1. The predicted octanol–water partition coefficient (Wildman–Crippen LogP) is 4.44. The molecular formula is C24H45NO6. The van der Waals surface area contributed by atoms with Gasteiger partial charge in [0.05, 0.1) is 6.04 Å². The molecule has 2 N–H and O–H groups in total. The molecule has 7 nitrogen and oxygen atoms in total. The Morgan fingerprint density at radius 2 is 1.26 bits per heavy atom. The molecule has 0 aliphatic carbocycles. The Morgan fingerprint density at radius 1 is 0.774 bits per heavy atom. The smallest absolute Gasteiger partial charge is 0.302 e. The molecule has 0 aromatic carbocycles. The van der Waals surface area contributed by atoms with Crippen LogP contribution in [-0.4, -0.2) is 47.8 Å². The Labute approximate surface area is 188 Å². The van der Waals surface area contributed by atoms with Gasteiger partial charge in [-0.15, -0.1) is 0 Å². The highest BCUT2D eigenvalue weighted by molar-refractivity contribution is 5.73. The lowest BCUT2D eigenvalue weighted by Crippen LogP contribution is -2.51. The lowest BCUT2D eigenvalue weighted by atomic mass is 9.99. The van der Waals surface area contributed by atoms with Crippen LogP contribution < -0.4 is 5.32 Å². The molecule has 0 aromatic heterocycles. The Balaban J connectivity index is 4.26. The molecule has 0 saturated heterocycles. The molecule has 0 unspecified atom stereocenters. The summed E-state index contributed by atoms with van der Waals surface area (Å²) >= 11 is 0. The SMILES string of the molecule is CCCCCCCCCCCCCC[C@@H](OC(C)=O)[C@@H](O)[C@@H](COC(C)=O)NC(C)=O. The summed E-state index contributed by atoms with van der Waals surface area (Å²) in [5, 5.41) is 13.3. The Hall–Kier alpha value is -1.63. The van der Waals surface area contributed by atoms with Crippen molar-refractivity contribution in [1.29, 1.82) is 0 Å². The van der Waals surface area contributed by atoms with Gasteiger partial charge >= 0.3 is 11.9 Å². The maximum atomic E-state index is 11.5. The summed E-state index contributed by atoms with van der Waals surface area (Å²) in [5.41, 5.74) is 0. The van der Waals surface area contributed by atoms with Crippen molar-refractivity contribution in [2.24, 2.45) is 0 Å². The van der Waals surface area contributed by atoms with Crippen LogP contribution >= 0.6 is 0 Å². The van der Waals surface area contributed by atoms with Crippen molar-refractivity contribution in [1.82, 2.24) is 5.32 Å². The molecule has 0 saturated carbocycles. The Bertz CT molecular complexity index is 496. The first kappa shape index (κ1) is 29.4. The van der Waals surface area contributed by atoms with Crippen LogP contribution in [0, 0.1) is 0 Å². The molecule has 0 aliphatic heterocycles. The van der Waals surface area contributed by atoms with E-state index in [9.17, 15) is 19.5 Å². The fraction of sp³-hybridized carbons (Fsp3) is 0.875. The molecule has 0 spiro atoms. The van der Waals surface area contributed by atoms with Gasteiger partial charge in [0.2, 0.25) is 5.91 Å². The van der Waals surface area contributed by atoms with Gasteiger partial charge in [-0.1, -0.05) is 77.6 Å². The highest BCUT2D eigenvalue weighted by Crippen LogP contribution is 2.17. The van der Waals surface area contributed by atoms with Gasteiger partial charge < -0.3 is 19.9 Å². The van der Waals surface area contributed by atoms with Gasteiger partial charge in [-0.3, -0.25) is 14.4 Å². The third-order valence-electron chi connectivity index (χ3n) is 5.31. The van der Waals surface area contributed by atoms with Gasteiger partial charge in [0.1, 0.15) is 18.8 Å². The van der Waals surface area contributed by atoms with Crippen molar-refractivity contribution in [2.75, 3.05) is 6.61 Å². The second kappa shape index (κ2) is 19.1. The van der Waals surface area contributed by atoms with Crippen LogP contribution in [0.2, 0.25) is 0 Å². The zero-order valence-electron chi connectivity index (χ0n) is 20.1. The molecule has 182 valence electrons. The number of hydrogen-bond acceptors (Lipinski definition) is 6.